The summed E-state index contributed by atoms with van der Waals surface area (Å²) in [5.41, 5.74) is 0.741. The van der Waals surface area contributed by atoms with Crippen molar-refractivity contribution < 1.29 is 4.92 Å². The monoisotopic (exact) mass is 282 g/mol. The number of nitrogens with one attached hydrogen (secondary N) is 2. The van der Waals surface area contributed by atoms with Gasteiger partial charge in [-0.1, -0.05) is 0 Å². The molecule has 1 aromatic rings. The highest BCUT2D eigenvalue weighted by Gasteiger charge is 2.19. The minimum Gasteiger partial charge on any atom is -0.360 e. The maximum Gasteiger partial charge on any atom is 0.269 e. The lowest BCUT2D eigenvalue weighted by atomic mass is 10.3. The van der Waals surface area contributed by atoms with Crippen molar-refractivity contribution in [1.82, 2.24) is 10.2 Å². The van der Waals surface area contributed by atoms with Gasteiger partial charge in [0.05, 0.1) is 4.92 Å². The Morgan fingerprint density at radius 3 is 2.61 bits per heavy atom. The Hall–Kier alpha value is -1.80. The first-order valence-electron chi connectivity index (χ1n) is 5.19. The molecular weight excluding hydrogens is 272 g/mol. The molecule has 1 saturated heterocycles. The van der Waals surface area contributed by atoms with Crippen LogP contribution in [0.4, 0.5) is 11.4 Å². The second-order valence-electron chi connectivity index (χ2n) is 3.62. The molecule has 0 saturated carbocycles. The fourth-order valence-corrected chi connectivity index (χ4v) is 2.17. The lowest BCUT2D eigenvalue weighted by Crippen LogP contribution is -2.37. The highest BCUT2D eigenvalue weighted by atomic mass is 32.1. The summed E-state index contributed by atoms with van der Waals surface area (Å²) in [6.07, 6.45) is 0. The van der Waals surface area contributed by atoms with Gasteiger partial charge in [-0.15, -0.1) is 0 Å². The van der Waals surface area contributed by atoms with E-state index in [0.29, 0.717) is 15.9 Å². The molecule has 0 atom stereocenters. The summed E-state index contributed by atoms with van der Waals surface area (Å²) in [5, 5.41) is 17.6. The third-order valence-electron chi connectivity index (χ3n) is 2.43. The molecule has 0 amide bonds. The van der Waals surface area contributed by atoms with Crippen LogP contribution in [0.25, 0.3) is 0 Å². The minimum absolute atomic E-state index is 0.0461. The lowest BCUT2D eigenvalue weighted by molar-refractivity contribution is -0.384. The Labute approximate surface area is 114 Å². The third kappa shape index (κ3) is 2.71. The number of nitrogens with zero attached hydrogens (tertiary/aromatic N) is 2. The summed E-state index contributed by atoms with van der Waals surface area (Å²) < 4.78 is 0. The standard InChI is InChI=1S/C10H10N4O2S2/c15-14(16)8-3-1-7(2-4-8)12-10(18)13-6-5-11-9(13)17/h1-4H,5-6H2,(H,11,17)(H,12,18). The Morgan fingerprint density at radius 2 is 2.11 bits per heavy atom. The van der Waals surface area contributed by atoms with Crippen molar-refractivity contribution in [3.05, 3.63) is 34.4 Å². The van der Waals surface area contributed by atoms with E-state index in [4.69, 9.17) is 24.4 Å². The average Bonchev–Trinajstić information content (AvgIpc) is 2.76. The van der Waals surface area contributed by atoms with Crippen LogP contribution in [-0.4, -0.2) is 33.1 Å². The molecule has 0 aromatic heterocycles. The normalized spacial score (nSPS) is 14.2. The fourth-order valence-electron chi connectivity index (χ4n) is 1.52. The van der Waals surface area contributed by atoms with Crippen LogP contribution in [0.3, 0.4) is 0 Å². The van der Waals surface area contributed by atoms with E-state index in [1.165, 1.54) is 12.1 Å². The van der Waals surface area contributed by atoms with E-state index in [-0.39, 0.29) is 5.69 Å². The first-order valence-corrected chi connectivity index (χ1v) is 6.00. The van der Waals surface area contributed by atoms with Crippen LogP contribution >= 0.6 is 24.4 Å². The zero-order valence-corrected chi connectivity index (χ0v) is 10.9. The van der Waals surface area contributed by atoms with Crippen LogP contribution in [0.1, 0.15) is 0 Å². The van der Waals surface area contributed by atoms with E-state index < -0.39 is 4.92 Å². The van der Waals surface area contributed by atoms with Gasteiger partial charge in [0.15, 0.2) is 10.2 Å². The summed E-state index contributed by atoms with van der Waals surface area (Å²) in [4.78, 5) is 11.8. The number of anilines is 1. The van der Waals surface area contributed by atoms with Crippen LogP contribution < -0.4 is 10.6 Å². The largest absolute Gasteiger partial charge is 0.360 e. The van der Waals surface area contributed by atoms with Crippen LogP contribution in [0.15, 0.2) is 24.3 Å². The molecular formula is C10H10N4O2S2. The number of hydrogen-bond donors (Lipinski definition) is 2. The minimum atomic E-state index is -0.443. The van der Waals surface area contributed by atoms with Crippen LogP contribution in [0, 0.1) is 10.1 Å². The second kappa shape index (κ2) is 5.23. The number of thiocarbonyl (C=S) groups is 2. The summed E-state index contributed by atoms with van der Waals surface area (Å²) in [6.45, 7) is 1.48. The number of rotatable bonds is 2. The van der Waals surface area contributed by atoms with Crippen molar-refractivity contribution >= 4 is 46.0 Å². The first-order chi connectivity index (χ1) is 8.58. The molecule has 0 aliphatic carbocycles. The molecule has 94 valence electrons. The van der Waals surface area contributed by atoms with E-state index in [2.05, 4.69) is 10.6 Å². The van der Waals surface area contributed by atoms with Crippen LogP contribution in [0.5, 0.6) is 0 Å². The number of nitro benzene ring substituents is 1. The van der Waals surface area contributed by atoms with Gasteiger partial charge in [0, 0.05) is 30.9 Å². The van der Waals surface area contributed by atoms with E-state index in [9.17, 15) is 10.1 Å². The van der Waals surface area contributed by atoms with Gasteiger partial charge < -0.3 is 10.6 Å². The van der Waals surface area contributed by atoms with Crippen molar-refractivity contribution in [2.45, 2.75) is 0 Å². The van der Waals surface area contributed by atoms with Gasteiger partial charge in [0.25, 0.3) is 5.69 Å². The molecule has 6 nitrogen and oxygen atoms in total. The summed E-state index contributed by atoms with van der Waals surface area (Å²) in [6, 6.07) is 6.06. The summed E-state index contributed by atoms with van der Waals surface area (Å²) in [7, 11) is 0. The highest BCUT2D eigenvalue weighted by Crippen LogP contribution is 2.16. The third-order valence-corrected chi connectivity index (χ3v) is 3.12. The molecule has 0 radical (unpaired) electrons. The number of benzene rings is 1. The Bertz CT molecular complexity index is 503. The van der Waals surface area contributed by atoms with Crippen molar-refractivity contribution in [2.24, 2.45) is 0 Å². The van der Waals surface area contributed by atoms with Crippen molar-refractivity contribution in [2.75, 3.05) is 18.4 Å². The zero-order valence-electron chi connectivity index (χ0n) is 9.25. The maximum absolute atomic E-state index is 10.5. The van der Waals surface area contributed by atoms with Gasteiger partial charge in [-0.3, -0.25) is 15.0 Å². The van der Waals surface area contributed by atoms with E-state index in [0.717, 1.165) is 13.1 Å². The van der Waals surface area contributed by atoms with Gasteiger partial charge in [-0.25, -0.2) is 0 Å². The molecule has 1 aliphatic heterocycles. The molecule has 0 bridgehead atoms. The molecule has 18 heavy (non-hydrogen) atoms. The van der Waals surface area contributed by atoms with Crippen molar-refractivity contribution in [3.63, 3.8) is 0 Å². The highest BCUT2D eigenvalue weighted by molar-refractivity contribution is 7.82. The fraction of sp³-hybridized carbons (Fsp3) is 0.200. The molecule has 2 rings (SSSR count). The molecule has 2 N–H and O–H groups in total. The van der Waals surface area contributed by atoms with Gasteiger partial charge in [-0.2, -0.15) is 0 Å². The molecule has 8 heteroatoms. The lowest BCUT2D eigenvalue weighted by Gasteiger charge is -2.18. The van der Waals surface area contributed by atoms with Crippen molar-refractivity contribution in [1.29, 1.82) is 0 Å². The average molecular weight is 282 g/mol. The van der Waals surface area contributed by atoms with E-state index in [1.54, 1.807) is 17.0 Å². The van der Waals surface area contributed by atoms with E-state index in [1.807, 2.05) is 0 Å². The number of non-ortho nitro benzene ring substituents is 1. The summed E-state index contributed by atoms with van der Waals surface area (Å²) in [5.74, 6) is 0. The van der Waals surface area contributed by atoms with Gasteiger partial charge in [0.2, 0.25) is 0 Å². The van der Waals surface area contributed by atoms with Crippen molar-refractivity contribution in [3.8, 4) is 0 Å². The predicted molar refractivity (Wildman–Crippen MR) is 76.6 cm³/mol. The summed E-state index contributed by atoms with van der Waals surface area (Å²) >= 11 is 10.3. The second-order valence-corrected chi connectivity index (χ2v) is 4.39. The Kier molecular flexibility index (Phi) is 3.68. The molecule has 1 fully saturated rings. The van der Waals surface area contributed by atoms with Crippen LogP contribution in [0.2, 0.25) is 0 Å². The quantitative estimate of drug-likeness (QED) is 0.483. The molecule has 1 aliphatic rings. The van der Waals surface area contributed by atoms with Crippen LogP contribution in [-0.2, 0) is 0 Å². The Morgan fingerprint density at radius 1 is 1.44 bits per heavy atom. The maximum atomic E-state index is 10.5. The smallest absolute Gasteiger partial charge is 0.269 e. The zero-order chi connectivity index (χ0) is 13.1. The molecule has 0 spiro atoms. The molecule has 0 unspecified atom stereocenters. The van der Waals surface area contributed by atoms with Gasteiger partial charge in [-0.05, 0) is 36.6 Å². The number of nitro groups is 1. The molecule has 1 aromatic carbocycles. The number of hydrogen-bond acceptors (Lipinski definition) is 4. The van der Waals surface area contributed by atoms with Gasteiger partial charge in [0.1, 0.15) is 0 Å². The predicted octanol–water partition coefficient (Wildman–Crippen LogP) is 1.48. The van der Waals surface area contributed by atoms with Gasteiger partial charge >= 0.3 is 0 Å². The topological polar surface area (TPSA) is 70.4 Å². The Balaban J connectivity index is 2.03. The van der Waals surface area contributed by atoms with E-state index >= 15 is 0 Å². The SMILES string of the molecule is O=[N+]([O-])c1ccc(NC(=S)N2CCNC2=S)cc1. The first kappa shape index (κ1) is 12.7. The molecule has 1 heterocycles.